The number of rotatable bonds is 5. The summed E-state index contributed by atoms with van der Waals surface area (Å²) in [7, 11) is 1.32. The van der Waals surface area contributed by atoms with E-state index < -0.39 is 5.97 Å². The highest BCUT2D eigenvalue weighted by Crippen LogP contribution is 2.27. The van der Waals surface area contributed by atoms with Crippen LogP contribution in [0.3, 0.4) is 0 Å². The Bertz CT molecular complexity index is 722. The summed E-state index contributed by atoms with van der Waals surface area (Å²) in [5, 5.41) is 4.70. The molecule has 0 radical (unpaired) electrons. The molecule has 1 amide bonds. The Labute approximate surface area is 128 Å². The second-order valence-corrected chi connectivity index (χ2v) is 5.32. The van der Waals surface area contributed by atoms with Gasteiger partial charge in [0, 0.05) is 6.04 Å². The zero-order valence-electron chi connectivity index (χ0n) is 12.3. The maximum Gasteiger partial charge on any atom is 0.341 e. The number of amides is 1. The van der Waals surface area contributed by atoms with Crippen LogP contribution >= 0.6 is 0 Å². The predicted octanol–water partition coefficient (Wildman–Crippen LogP) is 2.28. The van der Waals surface area contributed by atoms with Crippen LogP contribution in [0.25, 0.3) is 10.8 Å². The second-order valence-electron chi connectivity index (χ2n) is 5.32. The van der Waals surface area contributed by atoms with Crippen LogP contribution in [0.15, 0.2) is 36.4 Å². The van der Waals surface area contributed by atoms with Gasteiger partial charge in [-0.25, -0.2) is 4.79 Å². The highest BCUT2D eigenvalue weighted by atomic mass is 16.5. The third kappa shape index (κ3) is 3.19. The van der Waals surface area contributed by atoms with Crippen LogP contribution in [-0.2, 0) is 9.53 Å². The molecule has 0 unspecified atom stereocenters. The van der Waals surface area contributed by atoms with Crippen LogP contribution in [0, 0.1) is 0 Å². The smallest absolute Gasteiger partial charge is 0.341 e. The third-order valence-electron chi connectivity index (χ3n) is 3.55. The molecule has 0 aliphatic heterocycles. The van der Waals surface area contributed by atoms with E-state index in [1.807, 2.05) is 24.3 Å². The van der Waals surface area contributed by atoms with E-state index in [2.05, 4.69) is 5.32 Å². The summed E-state index contributed by atoms with van der Waals surface area (Å²) in [4.78, 5) is 23.6. The van der Waals surface area contributed by atoms with E-state index in [-0.39, 0.29) is 18.6 Å². The van der Waals surface area contributed by atoms with Gasteiger partial charge < -0.3 is 14.8 Å². The first-order valence-corrected chi connectivity index (χ1v) is 7.20. The van der Waals surface area contributed by atoms with Crippen LogP contribution in [0.5, 0.6) is 5.75 Å². The first kappa shape index (κ1) is 14.4. The Morgan fingerprint density at radius 2 is 1.86 bits per heavy atom. The molecule has 5 nitrogen and oxygen atoms in total. The van der Waals surface area contributed by atoms with Crippen molar-refractivity contribution in [2.24, 2.45) is 0 Å². The van der Waals surface area contributed by atoms with E-state index in [0.717, 1.165) is 23.6 Å². The van der Waals surface area contributed by atoms with Crippen molar-refractivity contribution in [1.82, 2.24) is 5.32 Å². The molecule has 1 aliphatic rings. The Morgan fingerprint density at radius 3 is 2.50 bits per heavy atom. The number of fused-ring (bicyclic) bond motifs is 1. The van der Waals surface area contributed by atoms with E-state index in [4.69, 9.17) is 9.47 Å². The minimum Gasteiger partial charge on any atom is -0.483 e. The molecule has 1 fully saturated rings. The average Bonchev–Trinajstić information content (AvgIpc) is 3.35. The number of carbonyl (C=O) groups is 2. The van der Waals surface area contributed by atoms with Crippen molar-refractivity contribution in [1.29, 1.82) is 0 Å². The SMILES string of the molecule is COC(=O)c1cc2ccccc2cc1OCC(=O)NC1CC1. The number of benzene rings is 2. The zero-order valence-corrected chi connectivity index (χ0v) is 12.3. The number of hydrogen-bond acceptors (Lipinski definition) is 4. The van der Waals surface area contributed by atoms with Gasteiger partial charge in [0.25, 0.3) is 5.91 Å². The van der Waals surface area contributed by atoms with Crippen LogP contribution in [0.2, 0.25) is 0 Å². The summed E-state index contributed by atoms with van der Waals surface area (Å²) < 4.78 is 10.3. The molecule has 114 valence electrons. The molecular weight excluding hydrogens is 282 g/mol. The summed E-state index contributed by atoms with van der Waals surface area (Å²) in [6.45, 7) is -0.112. The maximum absolute atomic E-state index is 11.9. The highest BCUT2D eigenvalue weighted by Gasteiger charge is 2.23. The van der Waals surface area contributed by atoms with Gasteiger partial charge in [0.15, 0.2) is 6.61 Å². The average molecular weight is 299 g/mol. The minimum absolute atomic E-state index is 0.112. The Hall–Kier alpha value is -2.56. The molecule has 5 heteroatoms. The molecule has 1 N–H and O–H groups in total. The van der Waals surface area contributed by atoms with Gasteiger partial charge in [-0.3, -0.25) is 4.79 Å². The lowest BCUT2D eigenvalue weighted by Gasteiger charge is -2.12. The Morgan fingerprint density at radius 1 is 1.18 bits per heavy atom. The van der Waals surface area contributed by atoms with E-state index in [0.29, 0.717) is 11.3 Å². The second kappa shape index (κ2) is 6.05. The number of nitrogens with one attached hydrogen (secondary N) is 1. The van der Waals surface area contributed by atoms with Gasteiger partial charge >= 0.3 is 5.97 Å². The standard InChI is InChI=1S/C17H17NO4/c1-21-17(20)14-8-11-4-2-3-5-12(11)9-15(14)22-10-16(19)18-13-6-7-13/h2-5,8-9,13H,6-7,10H2,1H3,(H,18,19). The van der Waals surface area contributed by atoms with Crippen LogP contribution < -0.4 is 10.1 Å². The van der Waals surface area contributed by atoms with Crippen molar-refractivity contribution in [3.63, 3.8) is 0 Å². The normalized spacial score (nSPS) is 13.7. The van der Waals surface area contributed by atoms with Gasteiger partial charge in [0.05, 0.1) is 7.11 Å². The number of ether oxygens (including phenoxy) is 2. The summed E-state index contributed by atoms with van der Waals surface area (Å²) in [6, 6.07) is 11.4. The van der Waals surface area contributed by atoms with Crippen molar-refractivity contribution in [2.45, 2.75) is 18.9 Å². The van der Waals surface area contributed by atoms with Gasteiger partial charge in [-0.15, -0.1) is 0 Å². The highest BCUT2D eigenvalue weighted by molar-refractivity contribution is 5.98. The Balaban J connectivity index is 1.84. The van der Waals surface area contributed by atoms with Gasteiger partial charge in [-0.2, -0.15) is 0 Å². The van der Waals surface area contributed by atoms with Gasteiger partial charge in [-0.1, -0.05) is 24.3 Å². The first-order chi connectivity index (χ1) is 10.7. The van der Waals surface area contributed by atoms with E-state index in [1.165, 1.54) is 7.11 Å². The molecule has 0 heterocycles. The van der Waals surface area contributed by atoms with E-state index in [1.54, 1.807) is 12.1 Å². The molecule has 3 rings (SSSR count). The van der Waals surface area contributed by atoms with E-state index >= 15 is 0 Å². The summed E-state index contributed by atoms with van der Waals surface area (Å²) in [5.41, 5.74) is 0.320. The number of hydrogen-bond donors (Lipinski definition) is 1. The molecule has 2 aromatic rings. The molecule has 2 aromatic carbocycles. The van der Waals surface area contributed by atoms with Gasteiger partial charge in [0.1, 0.15) is 11.3 Å². The topological polar surface area (TPSA) is 64.6 Å². The van der Waals surface area contributed by atoms with E-state index in [9.17, 15) is 9.59 Å². The summed E-state index contributed by atoms with van der Waals surface area (Å²) in [5.74, 6) is -0.300. The van der Waals surface area contributed by atoms with Gasteiger partial charge in [0.2, 0.25) is 0 Å². The molecule has 0 atom stereocenters. The monoisotopic (exact) mass is 299 g/mol. The predicted molar refractivity (Wildman–Crippen MR) is 81.9 cm³/mol. The van der Waals surface area contributed by atoms with Crippen molar-refractivity contribution in [3.8, 4) is 5.75 Å². The van der Waals surface area contributed by atoms with Crippen molar-refractivity contribution < 1.29 is 19.1 Å². The maximum atomic E-state index is 11.9. The molecule has 0 saturated heterocycles. The fourth-order valence-electron chi connectivity index (χ4n) is 2.25. The lowest BCUT2D eigenvalue weighted by molar-refractivity contribution is -0.123. The third-order valence-corrected chi connectivity index (χ3v) is 3.55. The van der Waals surface area contributed by atoms with Crippen LogP contribution in [-0.4, -0.2) is 31.6 Å². The lowest BCUT2D eigenvalue weighted by Crippen LogP contribution is -2.30. The minimum atomic E-state index is -0.483. The van der Waals surface area contributed by atoms with Crippen LogP contribution in [0.1, 0.15) is 23.2 Å². The lowest BCUT2D eigenvalue weighted by atomic mass is 10.1. The summed E-state index contributed by atoms with van der Waals surface area (Å²) in [6.07, 6.45) is 2.05. The van der Waals surface area contributed by atoms with Crippen molar-refractivity contribution in [2.75, 3.05) is 13.7 Å². The zero-order chi connectivity index (χ0) is 15.5. The number of methoxy groups -OCH3 is 1. The molecule has 0 spiro atoms. The first-order valence-electron chi connectivity index (χ1n) is 7.20. The van der Waals surface area contributed by atoms with Gasteiger partial charge in [-0.05, 0) is 35.7 Å². The number of carbonyl (C=O) groups excluding carboxylic acids is 2. The van der Waals surface area contributed by atoms with Crippen molar-refractivity contribution in [3.05, 3.63) is 42.0 Å². The molecule has 1 saturated carbocycles. The Kier molecular flexibility index (Phi) is 3.96. The number of esters is 1. The quantitative estimate of drug-likeness (QED) is 0.860. The fraction of sp³-hybridized carbons (Fsp3) is 0.294. The molecule has 0 bridgehead atoms. The molecule has 22 heavy (non-hydrogen) atoms. The van der Waals surface area contributed by atoms with Crippen LogP contribution in [0.4, 0.5) is 0 Å². The molecule has 0 aromatic heterocycles. The summed E-state index contributed by atoms with van der Waals surface area (Å²) >= 11 is 0. The van der Waals surface area contributed by atoms with Crippen molar-refractivity contribution >= 4 is 22.6 Å². The largest absolute Gasteiger partial charge is 0.483 e. The molecule has 1 aliphatic carbocycles. The fourth-order valence-corrected chi connectivity index (χ4v) is 2.25. The molecular formula is C17H17NO4.